The molecule has 1 aliphatic carbocycles. The largest absolute Gasteiger partial charge is 0.417 e. The highest BCUT2D eigenvalue weighted by Crippen LogP contribution is 2.38. The van der Waals surface area contributed by atoms with E-state index in [1.165, 1.54) is 6.07 Å². The van der Waals surface area contributed by atoms with Crippen LogP contribution in [0.15, 0.2) is 18.2 Å². The monoisotopic (exact) mass is 308 g/mol. The first-order chi connectivity index (χ1) is 9.62. The molecule has 8 heteroatoms. The van der Waals surface area contributed by atoms with E-state index in [2.05, 4.69) is 0 Å². The summed E-state index contributed by atoms with van der Waals surface area (Å²) in [5, 5.41) is 8.78. The molecule has 0 radical (unpaired) electrons. The van der Waals surface area contributed by atoms with Gasteiger partial charge in [-0.25, -0.2) is 0 Å². The lowest BCUT2D eigenvalue weighted by Gasteiger charge is -2.26. The van der Waals surface area contributed by atoms with E-state index < -0.39 is 30.0 Å². The van der Waals surface area contributed by atoms with E-state index in [-0.39, 0.29) is 11.7 Å². The van der Waals surface area contributed by atoms with Crippen molar-refractivity contribution in [2.24, 2.45) is 0 Å². The molecule has 0 aromatic heterocycles. The Morgan fingerprint density at radius 2 is 1.76 bits per heavy atom. The van der Waals surface area contributed by atoms with Crippen molar-refractivity contribution in [2.75, 3.05) is 11.4 Å². The number of benzene rings is 1. The van der Waals surface area contributed by atoms with Crippen LogP contribution in [-0.4, -0.2) is 18.8 Å². The number of alkyl halides is 6. The molecule has 0 N–H and O–H groups in total. The number of hydrogen-bond donors (Lipinski definition) is 0. The van der Waals surface area contributed by atoms with Crippen LogP contribution in [0.3, 0.4) is 0 Å². The zero-order chi connectivity index (χ0) is 15.8. The molecule has 0 aliphatic heterocycles. The minimum atomic E-state index is -4.71. The molecule has 0 spiro atoms. The highest BCUT2D eigenvalue weighted by Gasteiger charge is 2.39. The number of halogens is 6. The molecule has 21 heavy (non-hydrogen) atoms. The second-order valence-corrected chi connectivity index (χ2v) is 4.81. The Bertz CT molecular complexity index is 565. The quantitative estimate of drug-likeness (QED) is 0.786. The van der Waals surface area contributed by atoms with Gasteiger partial charge in [-0.3, -0.25) is 0 Å². The van der Waals surface area contributed by atoms with Gasteiger partial charge in [0, 0.05) is 11.7 Å². The molecule has 0 unspecified atom stereocenters. The summed E-state index contributed by atoms with van der Waals surface area (Å²) in [6, 6.07) is 3.55. The van der Waals surface area contributed by atoms with E-state index in [1.807, 2.05) is 0 Å². The summed E-state index contributed by atoms with van der Waals surface area (Å²) in [6.07, 6.45) is -8.06. The van der Waals surface area contributed by atoms with Crippen LogP contribution in [0, 0.1) is 11.3 Å². The van der Waals surface area contributed by atoms with Gasteiger partial charge in [-0.05, 0) is 31.0 Å². The molecule has 1 fully saturated rings. The average molecular weight is 308 g/mol. The highest BCUT2D eigenvalue weighted by molar-refractivity contribution is 5.56. The summed E-state index contributed by atoms with van der Waals surface area (Å²) < 4.78 is 75.6. The Hall–Kier alpha value is -1.91. The third-order valence-corrected chi connectivity index (χ3v) is 3.10. The van der Waals surface area contributed by atoms with E-state index in [0.717, 1.165) is 17.0 Å². The van der Waals surface area contributed by atoms with Crippen LogP contribution < -0.4 is 4.90 Å². The molecule has 1 aliphatic rings. The molecule has 2 nitrogen and oxygen atoms in total. The highest BCUT2D eigenvalue weighted by atomic mass is 19.4. The predicted octanol–water partition coefficient (Wildman–Crippen LogP) is 4.11. The maximum absolute atomic E-state index is 12.7. The van der Waals surface area contributed by atoms with Crippen molar-refractivity contribution < 1.29 is 26.3 Å². The van der Waals surface area contributed by atoms with Crippen molar-refractivity contribution in [3.8, 4) is 6.07 Å². The average Bonchev–Trinajstić information content (AvgIpc) is 3.17. The maximum atomic E-state index is 12.7. The third-order valence-electron chi connectivity index (χ3n) is 3.10. The van der Waals surface area contributed by atoms with Crippen LogP contribution in [0.5, 0.6) is 0 Å². The molecule has 0 atom stereocenters. The minimum Gasteiger partial charge on any atom is -0.359 e. The van der Waals surface area contributed by atoms with Crippen molar-refractivity contribution in [3.05, 3.63) is 29.3 Å². The molecular formula is C13H10F6N2. The second-order valence-electron chi connectivity index (χ2n) is 4.81. The number of nitrogens with zero attached hydrogens (tertiary/aromatic N) is 2. The molecule has 2 rings (SSSR count). The molecule has 1 aromatic carbocycles. The summed E-state index contributed by atoms with van der Waals surface area (Å²) in [6.45, 7) is -1.24. The van der Waals surface area contributed by atoms with Gasteiger partial charge in [0.2, 0.25) is 0 Å². The molecule has 1 saturated carbocycles. The van der Waals surface area contributed by atoms with Crippen LogP contribution in [0.2, 0.25) is 0 Å². The second kappa shape index (κ2) is 5.13. The van der Waals surface area contributed by atoms with Gasteiger partial charge in [0.05, 0.1) is 17.2 Å². The number of hydrogen-bond acceptors (Lipinski definition) is 2. The van der Waals surface area contributed by atoms with Gasteiger partial charge >= 0.3 is 12.4 Å². The van der Waals surface area contributed by atoms with Crippen LogP contribution in [0.4, 0.5) is 32.0 Å². The van der Waals surface area contributed by atoms with Crippen LogP contribution in [0.25, 0.3) is 0 Å². The van der Waals surface area contributed by atoms with Crippen LogP contribution in [-0.2, 0) is 6.18 Å². The predicted molar refractivity (Wildman–Crippen MR) is 62.6 cm³/mol. The summed E-state index contributed by atoms with van der Waals surface area (Å²) in [4.78, 5) is 1.00. The molecule has 0 heterocycles. The first kappa shape index (κ1) is 15.5. The Morgan fingerprint density at radius 3 is 2.19 bits per heavy atom. The molecule has 0 bridgehead atoms. The normalized spacial score (nSPS) is 15.7. The SMILES string of the molecule is N#Cc1cc(N(CC(F)(F)F)C2CC2)ccc1C(F)(F)F. The minimum absolute atomic E-state index is 0.0145. The van der Waals surface area contributed by atoms with Gasteiger partial charge in [-0.2, -0.15) is 31.6 Å². The smallest absolute Gasteiger partial charge is 0.359 e. The van der Waals surface area contributed by atoms with E-state index in [0.29, 0.717) is 18.9 Å². The van der Waals surface area contributed by atoms with E-state index in [4.69, 9.17) is 5.26 Å². The molecule has 1 aromatic rings. The first-order valence-electron chi connectivity index (χ1n) is 6.06. The van der Waals surface area contributed by atoms with Crippen LogP contribution >= 0.6 is 0 Å². The van der Waals surface area contributed by atoms with E-state index >= 15 is 0 Å². The standard InChI is InChI=1S/C13H10F6N2/c14-12(15,16)7-21(9-1-2-9)10-3-4-11(13(17,18)19)8(5-10)6-20/h3-5,9H,1-2,7H2. The van der Waals surface area contributed by atoms with Crippen molar-refractivity contribution in [1.82, 2.24) is 0 Å². The molecule has 0 saturated heterocycles. The molecule has 0 amide bonds. The van der Waals surface area contributed by atoms with Crippen molar-refractivity contribution in [3.63, 3.8) is 0 Å². The fourth-order valence-corrected chi connectivity index (χ4v) is 2.06. The van der Waals surface area contributed by atoms with Gasteiger partial charge in [-0.1, -0.05) is 0 Å². The van der Waals surface area contributed by atoms with Crippen molar-refractivity contribution >= 4 is 5.69 Å². The Kier molecular flexibility index (Phi) is 3.78. The lowest BCUT2D eigenvalue weighted by Crippen LogP contribution is -2.36. The van der Waals surface area contributed by atoms with Gasteiger partial charge in [0.1, 0.15) is 6.54 Å². The lowest BCUT2D eigenvalue weighted by atomic mass is 10.1. The Labute approximate surface area is 116 Å². The summed E-state index contributed by atoms with van der Waals surface area (Å²) in [7, 11) is 0. The zero-order valence-corrected chi connectivity index (χ0v) is 10.6. The zero-order valence-electron chi connectivity index (χ0n) is 10.6. The number of anilines is 1. The van der Waals surface area contributed by atoms with Gasteiger partial charge in [-0.15, -0.1) is 0 Å². The van der Waals surface area contributed by atoms with Gasteiger partial charge in [0.25, 0.3) is 0 Å². The number of nitriles is 1. The van der Waals surface area contributed by atoms with Crippen molar-refractivity contribution in [1.29, 1.82) is 5.26 Å². The summed E-state index contributed by atoms with van der Waals surface area (Å²) in [5.74, 6) is 0. The molecule has 114 valence electrons. The lowest BCUT2D eigenvalue weighted by molar-refractivity contribution is -0.137. The fraction of sp³-hybridized carbons (Fsp3) is 0.462. The maximum Gasteiger partial charge on any atom is 0.417 e. The van der Waals surface area contributed by atoms with Crippen molar-refractivity contribution in [2.45, 2.75) is 31.2 Å². The number of rotatable bonds is 3. The van der Waals surface area contributed by atoms with Gasteiger partial charge in [0.15, 0.2) is 0 Å². The van der Waals surface area contributed by atoms with Gasteiger partial charge < -0.3 is 4.90 Å². The Balaban J connectivity index is 2.37. The summed E-state index contributed by atoms with van der Waals surface area (Å²) >= 11 is 0. The third kappa shape index (κ3) is 3.80. The van der Waals surface area contributed by atoms with E-state index in [1.54, 1.807) is 0 Å². The molecular weight excluding hydrogens is 298 g/mol. The fourth-order valence-electron chi connectivity index (χ4n) is 2.06. The summed E-state index contributed by atoms with van der Waals surface area (Å²) in [5.41, 5.74) is -1.83. The first-order valence-corrected chi connectivity index (χ1v) is 6.06. The van der Waals surface area contributed by atoms with Crippen LogP contribution in [0.1, 0.15) is 24.0 Å². The Morgan fingerprint density at radius 1 is 1.14 bits per heavy atom. The van der Waals surface area contributed by atoms with E-state index in [9.17, 15) is 26.3 Å². The topological polar surface area (TPSA) is 27.0 Å².